The van der Waals surface area contributed by atoms with Crippen molar-refractivity contribution in [3.63, 3.8) is 0 Å². The smallest absolute Gasteiger partial charge is 0.404 e. The highest BCUT2D eigenvalue weighted by Crippen LogP contribution is 2.60. The van der Waals surface area contributed by atoms with Gasteiger partial charge in [-0.2, -0.15) is 4.98 Å². The third-order valence-corrected chi connectivity index (χ3v) is 6.24. The van der Waals surface area contributed by atoms with Gasteiger partial charge in [-0.15, -0.1) is 0 Å². The van der Waals surface area contributed by atoms with Crippen LogP contribution in [0.4, 0.5) is 4.79 Å². The minimum Gasteiger partial charge on any atom is -0.465 e. The fourth-order valence-electron chi connectivity index (χ4n) is 5.63. The van der Waals surface area contributed by atoms with Crippen molar-refractivity contribution < 1.29 is 14.4 Å². The van der Waals surface area contributed by atoms with Crippen LogP contribution in [0.5, 0.6) is 0 Å². The molecule has 7 nitrogen and oxygen atoms in total. The highest BCUT2D eigenvalue weighted by atomic mass is 16.5. The molecular weight excluding hydrogens is 308 g/mol. The monoisotopic (exact) mass is 334 g/mol. The maximum absolute atomic E-state index is 10.4. The van der Waals surface area contributed by atoms with Gasteiger partial charge in [0, 0.05) is 12.0 Å². The molecule has 24 heavy (non-hydrogen) atoms. The molecule has 1 heterocycles. The quantitative estimate of drug-likeness (QED) is 0.689. The van der Waals surface area contributed by atoms with Gasteiger partial charge in [-0.3, -0.25) is 0 Å². The molecule has 0 saturated heterocycles. The molecule has 4 N–H and O–H groups in total. The average molecular weight is 334 g/mol. The zero-order chi connectivity index (χ0) is 16.7. The van der Waals surface area contributed by atoms with Gasteiger partial charge in [0.1, 0.15) is 0 Å². The van der Waals surface area contributed by atoms with E-state index in [1.165, 1.54) is 38.5 Å². The summed E-state index contributed by atoms with van der Waals surface area (Å²) in [5, 5.41) is 15.2. The molecule has 1 aromatic heterocycles. The van der Waals surface area contributed by atoms with Gasteiger partial charge in [0.15, 0.2) is 5.82 Å². The molecular formula is C17H26N4O3. The minimum atomic E-state index is -1.01. The fourth-order valence-corrected chi connectivity index (χ4v) is 5.63. The predicted octanol–water partition coefficient (Wildman–Crippen LogP) is 2.59. The summed E-state index contributed by atoms with van der Waals surface area (Å²) < 4.78 is 5.47. The third kappa shape index (κ3) is 2.90. The van der Waals surface area contributed by atoms with E-state index in [0.717, 1.165) is 23.6 Å². The van der Waals surface area contributed by atoms with Crippen LogP contribution in [0.15, 0.2) is 4.52 Å². The average Bonchev–Trinajstić information content (AvgIpc) is 3.00. The maximum atomic E-state index is 10.4. The Balaban J connectivity index is 1.40. The normalized spacial score (nSPS) is 35.1. The van der Waals surface area contributed by atoms with E-state index in [0.29, 0.717) is 25.3 Å². The zero-order valence-corrected chi connectivity index (χ0v) is 13.9. The van der Waals surface area contributed by atoms with Crippen LogP contribution in [0.3, 0.4) is 0 Å². The third-order valence-electron chi connectivity index (χ3n) is 6.24. The Morgan fingerprint density at radius 3 is 2.50 bits per heavy atom. The molecule has 4 aliphatic rings. The van der Waals surface area contributed by atoms with Crippen LogP contribution < -0.4 is 11.1 Å². The van der Waals surface area contributed by atoms with Crippen molar-refractivity contribution in [2.45, 2.75) is 62.8 Å². The number of nitrogens with zero attached hydrogens (tertiary/aromatic N) is 2. The van der Waals surface area contributed by atoms with Gasteiger partial charge in [0.05, 0.1) is 6.04 Å². The lowest BCUT2D eigenvalue weighted by Crippen LogP contribution is -2.49. The van der Waals surface area contributed by atoms with Crippen LogP contribution in [0.2, 0.25) is 0 Å². The Labute approximate surface area is 141 Å². The molecule has 4 saturated carbocycles. The second-order valence-electron chi connectivity index (χ2n) is 8.13. The van der Waals surface area contributed by atoms with Crippen molar-refractivity contribution in [3.8, 4) is 0 Å². The molecule has 4 aliphatic carbocycles. The largest absolute Gasteiger partial charge is 0.465 e. The summed E-state index contributed by atoms with van der Waals surface area (Å²) in [6.07, 6.45) is 8.05. The number of nitrogens with two attached hydrogens (primary N) is 1. The number of nitrogens with one attached hydrogen (secondary N) is 1. The molecule has 7 heteroatoms. The zero-order valence-electron chi connectivity index (χ0n) is 13.9. The SMILES string of the molecule is NC(CCCNC(=O)O)c1nc(C23CC4CC(CC(C4)C2)C3)no1. The van der Waals surface area contributed by atoms with Crippen LogP contribution in [0, 0.1) is 17.8 Å². The van der Waals surface area contributed by atoms with Gasteiger partial charge < -0.3 is 20.7 Å². The van der Waals surface area contributed by atoms with Crippen molar-refractivity contribution in [2.24, 2.45) is 23.5 Å². The van der Waals surface area contributed by atoms with Crippen LogP contribution in [-0.4, -0.2) is 27.9 Å². The number of hydrogen-bond donors (Lipinski definition) is 3. The van der Waals surface area contributed by atoms with Gasteiger partial charge in [0.2, 0.25) is 5.89 Å². The fraction of sp³-hybridized carbons (Fsp3) is 0.824. The molecule has 132 valence electrons. The maximum Gasteiger partial charge on any atom is 0.404 e. The number of aromatic nitrogens is 2. The van der Waals surface area contributed by atoms with Crippen molar-refractivity contribution in [2.75, 3.05) is 6.54 Å². The molecule has 0 spiro atoms. The highest BCUT2D eigenvalue weighted by molar-refractivity contribution is 5.64. The lowest BCUT2D eigenvalue weighted by Gasteiger charge is -2.55. The van der Waals surface area contributed by atoms with Crippen molar-refractivity contribution in [1.29, 1.82) is 0 Å². The van der Waals surface area contributed by atoms with Crippen LogP contribution in [0.1, 0.15) is 69.1 Å². The molecule has 0 aliphatic heterocycles. The summed E-state index contributed by atoms with van der Waals surface area (Å²) in [5.74, 6) is 3.89. The molecule has 1 amide bonds. The first-order chi connectivity index (χ1) is 11.5. The first-order valence-corrected chi connectivity index (χ1v) is 9.10. The predicted molar refractivity (Wildman–Crippen MR) is 86.3 cm³/mol. The summed E-state index contributed by atoms with van der Waals surface area (Å²) in [6, 6.07) is -0.323. The van der Waals surface area contributed by atoms with E-state index in [-0.39, 0.29) is 11.5 Å². The summed E-state index contributed by atoms with van der Waals surface area (Å²) in [7, 11) is 0. The summed E-state index contributed by atoms with van der Waals surface area (Å²) in [4.78, 5) is 15.1. The van der Waals surface area contributed by atoms with E-state index < -0.39 is 6.09 Å². The lowest BCUT2D eigenvalue weighted by atomic mass is 9.49. The van der Waals surface area contributed by atoms with Crippen LogP contribution >= 0.6 is 0 Å². The number of carbonyl (C=O) groups is 1. The van der Waals surface area contributed by atoms with Gasteiger partial charge in [0.25, 0.3) is 0 Å². The number of rotatable bonds is 6. The molecule has 1 aromatic rings. The van der Waals surface area contributed by atoms with Gasteiger partial charge in [-0.25, -0.2) is 4.79 Å². The first-order valence-electron chi connectivity index (χ1n) is 9.10. The van der Waals surface area contributed by atoms with Gasteiger partial charge >= 0.3 is 6.09 Å². The minimum absolute atomic E-state index is 0.126. The number of carboxylic acid groups (broad SMARTS) is 1. The molecule has 4 fully saturated rings. The van der Waals surface area contributed by atoms with Crippen LogP contribution in [-0.2, 0) is 5.41 Å². The Kier molecular flexibility index (Phi) is 3.98. The van der Waals surface area contributed by atoms with E-state index in [1.807, 2.05) is 0 Å². The second-order valence-corrected chi connectivity index (χ2v) is 8.13. The molecule has 1 atom stereocenters. The topological polar surface area (TPSA) is 114 Å². The molecule has 4 bridgehead atoms. The van der Waals surface area contributed by atoms with Crippen molar-refractivity contribution in [3.05, 3.63) is 11.7 Å². The Bertz CT molecular complexity index is 579. The highest BCUT2D eigenvalue weighted by Gasteiger charge is 2.53. The number of hydrogen-bond acceptors (Lipinski definition) is 5. The van der Waals surface area contributed by atoms with E-state index in [9.17, 15) is 4.79 Å². The Morgan fingerprint density at radius 2 is 1.92 bits per heavy atom. The van der Waals surface area contributed by atoms with E-state index in [2.05, 4.69) is 15.5 Å². The molecule has 0 aromatic carbocycles. The van der Waals surface area contributed by atoms with E-state index >= 15 is 0 Å². The molecule has 5 rings (SSSR count). The van der Waals surface area contributed by atoms with E-state index in [4.69, 9.17) is 15.4 Å². The summed E-state index contributed by atoms with van der Waals surface area (Å²) in [5.41, 5.74) is 6.27. The van der Waals surface area contributed by atoms with Crippen LogP contribution in [0.25, 0.3) is 0 Å². The Hall–Kier alpha value is -1.63. The molecule has 1 unspecified atom stereocenters. The van der Waals surface area contributed by atoms with Gasteiger partial charge in [-0.1, -0.05) is 5.16 Å². The second kappa shape index (κ2) is 6.02. The first kappa shape index (κ1) is 15.9. The van der Waals surface area contributed by atoms with Gasteiger partial charge in [-0.05, 0) is 69.1 Å². The Morgan fingerprint density at radius 1 is 1.29 bits per heavy atom. The molecule has 0 radical (unpaired) electrons. The van der Waals surface area contributed by atoms with Crippen molar-refractivity contribution in [1.82, 2.24) is 15.5 Å². The van der Waals surface area contributed by atoms with Crippen molar-refractivity contribution >= 4 is 6.09 Å². The summed E-state index contributed by atoms with van der Waals surface area (Å²) >= 11 is 0. The van der Waals surface area contributed by atoms with E-state index in [1.54, 1.807) is 0 Å². The standard InChI is InChI=1S/C17H26N4O3/c18-13(2-1-3-19-16(22)23)14-20-15(21-24-14)17-7-10-4-11(8-17)6-12(5-10)9-17/h10-13,19H,1-9,18H2,(H,22,23). The summed E-state index contributed by atoms with van der Waals surface area (Å²) in [6.45, 7) is 0.388. The lowest BCUT2D eigenvalue weighted by molar-refractivity contribution is -0.0103. The number of amides is 1.